The highest BCUT2D eigenvalue weighted by Gasteiger charge is 2.16. The van der Waals surface area contributed by atoms with Crippen LogP contribution in [0.4, 0.5) is 9.59 Å². The Hall–Kier alpha value is -1.42. The van der Waals surface area contributed by atoms with Gasteiger partial charge < -0.3 is 20.8 Å². The van der Waals surface area contributed by atoms with E-state index < -0.39 is 35.5 Å². The maximum atomic E-state index is 10.5. The first-order valence-corrected chi connectivity index (χ1v) is 4.46. The number of thiol groups is 2. The van der Waals surface area contributed by atoms with Gasteiger partial charge in [-0.3, -0.25) is 19.2 Å². The SMILES string of the molecule is NC(=O)S.O=C(O)CN(CC(=O)O)C(=O)S. The fraction of sp³-hybridized carbons (Fsp3) is 0.333. The molecule has 4 N–H and O–H groups in total. The number of carbonyl (C=O) groups excluding carboxylic acids is 2. The lowest BCUT2D eigenvalue weighted by molar-refractivity contribution is -0.140. The van der Waals surface area contributed by atoms with Crippen LogP contribution in [-0.4, -0.2) is 50.6 Å². The van der Waals surface area contributed by atoms with Crippen molar-refractivity contribution in [2.45, 2.75) is 0 Å². The number of hydrogen-bond acceptors (Lipinski definition) is 4. The van der Waals surface area contributed by atoms with Gasteiger partial charge in [0.25, 0.3) is 10.5 Å². The van der Waals surface area contributed by atoms with E-state index in [1.807, 2.05) is 0 Å². The lowest BCUT2D eigenvalue weighted by atomic mass is 10.5. The summed E-state index contributed by atoms with van der Waals surface area (Å²) in [5, 5.41) is 14.9. The number of nitrogens with zero attached hydrogens (tertiary/aromatic N) is 1. The summed E-state index contributed by atoms with van der Waals surface area (Å²) in [6, 6.07) is 0. The van der Waals surface area contributed by atoms with Gasteiger partial charge in [-0.15, -0.1) is 0 Å². The van der Waals surface area contributed by atoms with Gasteiger partial charge in [-0.05, 0) is 0 Å². The summed E-state index contributed by atoms with van der Waals surface area (Å²) < 4.78 is 0. The van der Waals surface area contributed by atoms with Crippen molar-refractivity contribution in [2.24, 2.45) is 5.73 Å². The molecule has 0 aliphatic heterocycles. The van der Waals surface area contributed by atoms with Crippen LogP contribution < -0.4 is 5.73 Å². The van der Waals surface area contributed by atoms with Crippen LogP contribution in [0.15, 0.2) is 0 Å². The highest BCUT2D eigenvalue weighted by atomic mass is 32.1. The number of hydrogen-bond donors (Lipinski definition) is 5. The number of nitrogens with two attached hydrogens (primary N) is 1. The molecule has 0 aromatic heterocycles. The van der Waals surface area contributed by atoms with Crippen molar-refractivity contribution in [3.8, 4) is 0 Å². The van der Waals surface area contributed by atoms with Gasteiger partial charge >= 0.3 is 11.9 Å². The molecular weight excluding hydrogens is 260 g/mol. The molecule has 10 heteroatoms. The van der Waals surface area contributed by atoms with Gasteiger partial charge in [0.15, 0.2) is 0 Å². The fourth-order valence-corrected chi connectivity index (χ4v) is 0.659. The van der Waals surface area contributed by atoms with Gasteiger partial charge in [0.2, 0.25) is 0 Å². The second kappa shape index (κ2) is 8.85. The van der Waals surface area contributed by atoms with Crippen LogP contribution in [0.25, 0.3) is 0 Å². The maximum absolute atomic E-state index is 10.5. The zero-order chi connectivity index (χ0) is 13.3. The summed E-state index contributed by atoms with van der Waals surface area (Å²) in [6.07, 6.45) is 0. The van der Waals surface area contributed by atoms with Crippen LogP contribution >= 0.6 is 25.3 Å². The van der Waals surface area contributed by atoms with Crippen molar-refractivity contribution in [3.05, 3.63) is 0 Å². The van der Waals surface area contributed by atoms with E-state index in [9.17, 15) is 14.4 Å². The standard InChI is InChI=1S/C5H7NO5S.CH3NOS/c7-3(8)1-6(5(11)12)2-4(9)10;2-1(3)4/h1-2H2,(H,7,8)(H,9,10)(H,11,12);(H3,2,3,4). The lowest BCUT2D eigenvalue weighted by Gasteiger charge is -2.14. The van der Waals surface area contributed by atoms with E-state index in [1.165, 1.54) is 0 Å². The largest absolute Gasteiger partial charge is 0.480 e. The Morgan fingerprint density at radius 3 is 1.38 bits per heavy atom. The molecule has 0 fully saturated rings. The average molecular weight is 270 g/mol. The van der Waals surface area contributed by atoms with Crippen molar-refractivity contribution in [1.82, 2.24) is 4.90 Å². The molecule has 16 heavy (non-hydrogen) atoms. The number of carboxylic acid groups (broad SMARTS) is 2. The monoisotopic (exact) mass is 270 g/mol. The molecule has 0 saturated heterocycles. The normalized spacial score (nSPS) is 8.38. The Labute approximate surface area is 101 Å². The number of carbonyl (C=O) groups is 4. The molecule has 0 bridgehead atoms. The van der Waals surface area contributed by atoms with Crippen LogP contribution in [0.5, 0.6) is 0 Å². The van der Waals surface area contributed by atoms with Crippen LogP contribution in [0.2, 0.25) is 0 Å². The van der Waals surface area contributed by atoms with Gasteiger partial charge in [0.1, 0.15) is 13.1 Å². The van der Waals surface area contributed by atoms with Crippen molar-refractivity contribution >= 4 is 47.7 Å². The minimum Gasteiger partial charge on any atom is -0.480 e. The first-order valence-electron chi connectivity index (χ1n) is 3.56. The predicted octanol–water partition coefficient (Wildman–Crippen LogP) is -0.498. The van der Waals surface area contributed by atoms with E-state index in [1.54, 1.807) is 0 Å². The molecule has 0 aliphatic rings. The summed E-state index contributed by atoms with van der Waals surface area (Å²) in [5.41, 5.74) is 4.34. The Bertz CT molecular complexity index is 275. The van der Waals surface area contributed by atoms with Gasteiger partial charge in [-0.1, -0.05) is 25.3 Å². The molecule has 92 valence electrons. The number of amides is 2. The Morgan fingerprint density at radius 2 is 1.25 bits per heavy atom. The van der Waals surface area contributed by atoms with Crippen LogP contribution in [-0.2, 0) is 9.59 Å². The van der Waals surface area contributed by atoms with Crippen molar-refractivity contribution in [2.75, 3.05) is 13.1 Å². The second-order valence-corrected chi connectivity index (χ2v) is 3.09. The summed E-state index contributed by atoms with van der Waals surface area (Å²) >= 11 is 6.41. The van der Waals surface area contributed by atoms with E-state index >= 15 is 0 Å². The zero-order valence-electron chi connectivity index (χ0n) is 7.86. The van der Waals surface area contributed by atoms with Crippen molar-refractivity contribution < 1.29 is 29.4 Å². The minimum atomic E-state index is -1.28. The lowest BCUT2D eigenvalue weighted by Crippen LogP contribution is -2.36. The molecule has 0 spiro atoms. The summed E-state index contributed by atoms with van der Waals surface area (Å²) in [7, 11) is 0. The zero-order valence-corrected chi connectivity index (χ0v) is 9.65. The van der Waals surface area contributed by atoms with E-state index in [0.717, 1.165) is 0 Å². The molecule has 0 aliphatic carbocycles. The number of rotatable bonds is 4. The molecule has 0 aromatic carbocycles. The summed E-state index contributed by atoms with van der Waals surface area (Å²) in [6.45, 7) is -1.32. The highest BCUT2D eigenvalue weighted by Crippen LogP contribution is 1.94. The second-order valence-electron chi connectivity index (χ2n) is 2.26. The van der Waals surface area contributed by atoms with Crippen LogP contribution in [0, 0.1) is 0 Å². The van der Waals surface area contributed by atoms with Gasteiger partial charge in [0.05, 0.1) is 0 Å². The first-order chi connectivity index (χ1) is 7.16. The van der Waals surface area contributed by atoms with Crippen LogP contribution in [0.1, 0.15) is 0 Å². The highest BCUT2D eigenvalue weighted by molar-refractivity contribution is 7.96. The Balaban J connectivity index is 0. The van der Waals surface area contributed by atoms with Crippen molar-refractivity contribution in [1.29, 1.82) is 0 Å². The predicted molar refractivity (Wildman–Crippen MR) is 59.8 cm³/mol. The third kappa shape index (κ3) is 15.1. The third-order valence-corrected chi connectivity index (χ3v) is 1.21. The molecule has 0 radical (unpaired) electrons. The molecule has 0 atom stereocenters. The molecule has 0 unspecified atom stereocenters. The van der Waals surface area contributed by atoms with Crippen molar-refractivity contribution in [3.63, 3.8) is 0 Å². The molecule has 0 aromatic rings. The smallest absolute Gasteiger partial charge is 0.323 e. The topological polar surface area (TPSA) is 138 Å². The Kier molecular flexibility index (Phi) is 9.40. The van der Waals surface area contributed by atoms with Gasteiger partial charge in [-0.2, -0.15) is 0 Å². The molecular formula is C6H10N2O6S2. The average Bonchev–Trinajstić information content (AvgIpc) is 1.99. The molecule has 2 amide bonds. The summed E-state index contributed by atoms with van der Waals surface area (Å²) in [5.74, 6) is -2.56. The molecule has 0 rings (SSSR count). The van der Waals surface area contributed by atoms with Crippen LogP contribution in [0.3, 0.4) is 0 Å². The molecule has 0 heterocycles. The summed E-state index contributed by atoms with van der Waals surface area (Å²) in [4.78, 5) is 40.3. The third-order valence-electron chi connectivity index (χ3n) is 0.923. The fourth-order valence-electron chi connectivity index (χ4n) is 0.518. The molecule has 0 saturated carbocycles. The van der Waals surface area contributed by atoms with E-state index in [-0.39, 0.29) is 0 Å². The van der Waals surface area contributed by atoms with E-state index in [0.29, 0.717) is 4.90 Å². The van der Waals surface area contributed by atoms with Gasteiger partial charge in [-0.25, -0.2) is 0 Å². The maximum Gasteiger partial charge on any atom is 0.323 e. The minimum absolute atomic E-state index is 0.591. The number of primary amides is 1. The quantitative estimate of drug-likeness (QED) is 0.437. The van der Waals surface area contributed by atoms with E-state index in [2.05, 4.69) is 31.0 Å². The first kappa shape index (κ1) is 17.0. The number of carboxylic acids is 2. The molecule has 8 nitrogen and oxygen atoms in total. The number of aliphatic carboxylic acids is 2. The Morgan fingerprint density at radius 1 is 1.00 bits per heavy atom. The van der Waals surface area contributed by atoms with E-state index in [4.69, 9.17) is 15.0 Å². The van der Waals surface area contributed by atoms with Gasteiger partial charge in [0, 0.05) is 0 Å².